The monoisotopic (exact) mass is 390 g/mol. The molecule has 0 N–H and O–H groups in total. The number of nitrogens with zero attached hydrogens (tertiary/aromatic N) is 2. The van der Waals surface area contributed by atoms with Crippen molar-refractivity contribution < 1.29 is 18.0 Å². The summed E-state index contributed by atoms with van der Waals surface area (Å²) in [6, 6.07) is 4.47. The van der Waals surface area contributed by atoms with Gasteiger partial charge in [-0.3, -0.25) is 4.79 Å². The Morgan fingerprint density at radius 2 is 1.29 bits per heavy atom. The second-order valence-electron chi connectivity index (χ2n) is 8.83. The number of Topliss-reactive ketones (excluding diaryl/α,β-unsaturated/α-hetero) is 1. The zero-order valence-corrected chi connectivity index (χ0v) is 17.0. The van der Waals surface area contributed by atoms with E-state index in [-0.39, 0.29) is 16.6 Å². The minimum absolute atomic E-state index is 0.0248. The zero-order valence-electron chi connectivity index (χ0n) is 17.0. The first-order valence-electron chi connectivity index (χ1n) is 8.97. The normalized spacial score (nSPS) is 16.3. The highest BCUT2D eigenvalue weighted by Crippen LogP contribution is 2.39. The number of azo groups is 1. The lowest BCUT2D eigenvalue weighted by molar-refractivity contribution is -0.137. The number of allylic oxidation sites excluding steroid dienone is 5. The van der Waals surface area contributed by atoms with Gasteiger partial charge in [-0.2, -0.15) is 23.4 Å². The molecule has 0 unspecified atom stereocenters. The molecule has 0 heterocycles. The Kier molecular flexibility index (Phi) is 5.83. The molecule has 0 bridgehead atoms. The second kappa shape index (κ2) is 7.49. The van der Waals surface area contributed by atoms with Gasteiger partial charge in [0.05, 0.1) is 17.5 Å². The molecule has 6 heteroatoms. The van der Waals surface area contributed by atoms with Crippen molar-refractivity contribution in [3.63, 3.8) is 0 Å². The van der Waals surface area contributed by atoms with Crippen LogP contribution in [0, 0.1) is 10.8 Å². The van der Waals surface area contributed by atoms with Crippen LogP contribution in [0.5, 0.6) is 0 Å². The third kappa shape index (κ3) is 5.27. The fourth-order valence-electron chi connectivity index (χ4n) is 2.72. The van der Waals surface area contributed by atoms with E-state index in [1.165, 1.54) is 18.3 Å². The van der Waals surface area contributed by atoms with Crippen LogP contribution >= 0.6 is 0 Å². The number of ketones is 1. The number of carbonyl (C=O) groups excluding carboxylic acids is 1. The molecule has 1 aromatic rings. The summed E-state index contributed by atoms with van der Waals surface area (Å²) in [7, 11) is 0. The number of halogens is 3. The highest BCUT2D eigenvalue weighted by atomic mass is 19.4. The van der Waals surface area contributed by atoms with Gasteiger partial charge < -0.3 is 0 Å². The highest BCUT2D eigenvalue weighted by Gasteiger charge is 2.34. The summed E-state index contributed by atoms with van der Waals surface area (Å²) < 4.78 is 37.8. The van der Waals surface area contributed by atoms with Gasteiger partial charge in [0, 0.05) is 11.1 Å². The fourth-order valence-corrected chi connectivity index (χ4v) is 2.72. The highest BCUT2D eigenvalue weighted by molar-refractivity contribution is 6.11. The van der Waals surface area contributed by atoms with Gasteiger partial charge in [-0.15, -0.1) is 0 Å². The van der Waals surface area contributed by atoms with Gasteiger partial charge in [0.25, 0.3) is 0 Å². The van der Waals surface area contributed by atoms with Crippen molar-refractivity contribution in [1.82, 2.24) is 0 Å². The van der Waals surface area contributed by atoms with Gasteiger partial charge in [-0.1, -0.05) is 41.5 Å². The van der Waals surface area contributed by atoms with Crippen LogP contribution in [0.4, 0.5) is 18.9 Å². The first kappa shape index (κ1) is 21.8. The Labute approximate surface area is 163 Å². The van der Waals surface area contributed by atoms with Crippen LogP contribution in [0.15, 0.2) is 69.6 Å². The standard InChI is InChI=1S/C22H25F3N2O/c1-20(2,3)17-11-14(12-18(19(17)28)21(4,5)6)13-26-27-16-9-7-15(8-10-16)22(23,24)25/h7-13H,1-6H3. The van der Waals surface area contributed by atoms with Crippen molar-refractivity contribution in [1.29, 1.82) is 0 Å². The SMILES string of the molecule is CC(C)(C)C1=CC(=CN=Nc2ccc(C(F)(F)F)cc2)C=C(C(C)(C)C)C1=O. The summed E-state index contributed by atoms with van der Waals surface area (Å²) >= 11 is 0. The number of benzene rings is 1. The lowest BCUT2D eigenvalue weighted by Crippen LogP contribution is -2.27. The first-order chi connectivity index (χ1) is 12.7. The van der Waals surface area contributed by atoms with Crippen molar-refractivity contribution in [3.8, 4) is 0 Å². The molecule has 3 nitrogen and oxygen atoms in total. The van der Waals surface area contributed by atoms with E-state index in [4.69, 9.17) is 0 Å². The van der Waals surface area contributed by atoms with Gasteiger partial charge in [-0.05, 0) is 52.8 Å². The number of hydrogen-bond acceptors (Lipinski definition) is 3. The molecule has 0 spiro atoms. The number of carbonyl (C=O) groups is 1. The number of alkyl halides is 3. The van der Waals surface area contributed by atoms with Crippen molar-refractivity contribution in [2.24, 2.45) is 21.1 Å². The molecule has 28 heavy (non-hydrogen) atoms. The minimum atomic E-state index is -4.38. The molecule has 1 aliphatic rings. The van der Waals surface area contributed by atoms with Crippen molar-refractivity contribution >= 4 is 11.5 Å². The zero-order chi connectivity index (χ0) is 21.3. The van der Waals surface area contributed by atoms with Gasteiger partial charge in [0.2, 0.25) is 0 Å². The molecule has 2 rings (SSSR count). The second-order valence-corrected chi connectivity index (χ2v) is 8.83. The predicted molar refractivity (Wildman–Crippen MR) is 104 cm³/mol. The molecule has 0 aromatic heterocycles. The summed E-state index contributed by atoms with van der Waals surface area (Å²) in [6.07, 6.45) is 0.725. The van der Waals surface area contributed by atoms with Crippen LogP contribution < -0.4 is 0 Å². The third-order valence-electron chi connectivity index (χ3n) is 4.30. The molecular weight excluding hydrogens is 365 g/mol. The summed E-state index contributed by atoms with van der Waals surface area (Å²) in [5.74, 6) is 0.0248. The molecule has 0 saturated carbocycles. The van der Waals surface area contributed by atoms with Crippen LogP contribution in [-0.2, 0) is 11.0 Å². The Hall–Kier alpha value is -2.50. The van der Waals surface area contributed by atoms with E-state index in [2.05, 4.69) is 10.2 Å². The van der Waals surface area contributed by atoms with Crippen LogP contribution in [0.1, 0.15) is 47.1 Å². The molecule has 0 amide bonds. The van der Waals surface area contributed by atoms with Gasteiger partial charge in [0.15, 0.2) is 5.78 Å². The average Bonchev–Trinajstić information content (AvgIpc) is 2.53. The van der Waals surface area contributed by atoms with Crippen molar-refractivity contribution in [2.45, 2.75) is 47.7 Å². The third-order valence-corrected chi connectivity index (χ3v) is 4.30. The fraction of sp³-hybridized carbons (Fsp3) is 0.409. The summed E-state index contributed by atoms with van der Waals surface area (Å²) in [5.41, 5.74) is 1.04. The topological polar surface area (TPSA) is 41.8 Å². The van der Waals surface area contributed by atoms with Gasteiger partial charge >= 0.3 is 6.18 Å². The molecule has 1 aliphatic carbocycles. The van der Waals surface area contributed by atoms with E-state index in [9.17, 15) is 18.0 Å². The molecule has 1 aromatic carbocycles. The minimum Gasteiger partial charge on any atom is -0.289 e. The Bertz CT molecular complexity index is 836. The van der Waals surface area contributed by atoms with Gasteiger partial charge in [0.1, 0.15) is 0 Å². The molecule has 150 valence electrons. The Balaban J connectivity index is 2.34. The smallest absolute Gasteiger partial charge is 0.289 e. The maximum Gasteiger partial charge on any atom is 0.416 e. The Morgan fingerprint density at radius 1 is 0.821 bits per heavy atom. The van der Waals surface area contributed by atoms with Crippen molar-refractivity contribution in [3.05, 3.63) is 64.9 Å². The van der Waals surface area contributed by atoms with E-state index in [1.54, 1.807) is 12.2 Å². The molecule has 0 atom stereocenters. The summed E-state index contributed by atoms with van der Waals surface area (Å²) in [5, 5.41) is 7.95. The van der Waals surface area contributed by atoms with Crippen LogP contribution in [0.2, 0.25) is 0 Å². The molecule has 0 fully saturated rings. The Morgan fingerprint density at radius 3 is 1.68 bits per heavy atom. The van der Waals surface area contributed by atoms with Crippen LogP contribution in [-0.4, -0.2) is 5.78 Å². The van der Waals surface area contributed by atoms with E-state index in [0.29, 0.717) is 16.8 Å². The maximum atomic E-state index is 12.9. The molecule has 0 radical (unpaired) electrons. The largest absolute Gasteiger partial charge is 0.416 e. The molecule has 0 saturated heterocycles. The van der Waals surface area contributed by atoms with E-state index < -0.39 is 11.7 Å². The summed E-state index contributed by atoms with van der Waals surface area (Å²) in [6.45, 7) is 11.9. The predicted octanol–water partition coefficient (Wildman–Crippen LogP) is 7.20. The van der Waals surface area contributed by atoms with E-state index in [0.717, 1.165) is 17.7 Å². The first-order valence-corrected chi connectivity index (χ1v) is 8.97. The van der Waals surface area contributed by atoms with E-state index >= 15 is 0 Å². The molecule has 0 aliphatic heterocycles. The quantitative estimate of drug-likeness (QED) is 0.492. The van der Waals surface area contributed by atoms with E-state index in [1.807, 2.05) is 41.5 Å². The average molecular weight is 390 g/mol. The lowest BCUT2D eigenvalue weighted by Gasteiger charge is -2.31. The number of rotatable bonds is 2. The maximum absolute atomic E-state index is 12.9. The lowest BCUT2D eigenvalue weighted by atomic mass is 9.72. The van der Waals surface area contributed by atoms with Crippen LogP contribution in [0.25, 0.3) is 0 Å². The number of hydrogen-bond donors (Lipinski definition) is 0. The summed E-state index contributed by atoms with van der Waals surface area (Å²) in [4.78, 5) is 12.9. The van der Waals surface area contributed by atoms with Crippen molar-refractivity contribution in [2.75, 3.05) is 0 Å². The molecular formula is C22H25F3N2O. The van der Waals surface area contributed by atoms with Gasteiger partial charge in [-0.25, -0.2) is 0 Å². The van der Waals surface area contributed by atoms with Crippen LogP contribution in [0.3, 0.4) is 0 Å².